The standard InChI is InChI=1S/C16H23NO4/c18-10-8-15(19)14-7-4-9-17(11-14)16(20)21-12-13-5-2-1-3-6-13/h1-3,5-6,14-15,18-19H,4,7-12H2/t14-,15-/m0/s1. The Balaban J connectivity index is 1.81. The molecular formula is C16H23NO4. The number of nitrogens with zero attached hydrogens (tertiary/aromatic N) is 1. The zero-order valence-electron chi connectivity index (χ0n) is 12.1. The van der Waals surface area contributed by atoms with Gasteiger partial charge in [-0.15, -0.1) is 0 Å². The number of amides is 1. The van der Waals surface area contributed by atoms with Gasteiger partial charge in [-0.3, -0.25) is 0 Å². The van der Waals surface area contributed by atoms with Crippen molar-refractivity contribution in [2.75, 3.05) is 19.7 Å². The van der Waals surface area contributed by atoms with Crippen LogP contribution < -0.4 is 0 Å². The minimum atomic E-state index is -0.556. The smallest absolute Gasteiger partial charge is 0.410 e. The molecule has 5 nitrogen and oxygen atoms in total. The molecule has 1 saturated heterocycles. The number of likely N-dealkylation sites (tertiary alicyclic amines) is 1. The van der Waals surface area contributed by atoms with E-state index < -0.39 is 6.10 Å². The lowest BCUT2D eigenvalue weighted by Gasteiger charge is -2.34. The van der Waals surface area contributed by atoms with Crippen LogP contribution in [0.4, 0.5) is 4.79 Å². The lowest BCUT2D eigenvalue weighted by Crippen LogP contribution is -2.43. The molecule has 2 atom stereocenters. The van der Waals surface area contributed by atoms with Crippen LogP contribution in [-0.4, -0.2) is 47.0 Å². The minimum Gasteiger partial charge on any atom is -0.445 e. The molecule has 2 N–H and O–H groups in total. The second kappa shape index (κ2) is 8.00. The maximum atomic E-state index is 12.1. The number of carbonyl (C=O) groups is 1. The van der Waals surface area contributed by atoms with Crippen LogP contribution in [0.25, 0.3) is 0 Å². The van der Waals surface area contributed by atoms with E-state index in [1.807, 2.05) is 30.3 Å². The number of hydrogen-bond donors (Lipinski definition) is 2. The van der Waals surface area contributed by atoms with Gasteiger partial charge in [0.15, 0.2) is 0 Å². The third kappa shape index (κ3) is 4.72. The molecule has 2 rings (SSSR count). The molecule has 1 fully saturated rings. The number of rotatable bonds is 5. The second-order valence-electron chi connectivity index (χ2n) is 5.47. The SMILES string of the molecule is O=C(OCc1ccccc1)N1CCC[C@H]([C@@H](O)CCO)C1. The molecule has 1 aliphatic heterocycles. The first-order valence-corrected chi connectivity index (χ1v) is 7.45. The summed E-state index contributed by atoms with van der Waals surface area (Å²) >= 11 is 0. The molecule has 0 saturated carbocycles. The van der Waals surface area contributed by atoms with Crippen LogP contribution in [-0.2, 0) is 11.3 Å². The van der Waals surface area contributed by atoms with Gasteiger partial charge in [-0.2, -0.15) is 0 Å². The van der Waals surface area contributed by atoms with E-state index in [0.29, 0.717) is 19.5 Å². The van der Waals surface area contributed by atoms with E-state index in [4.69, 9.17) is 9.84 Å². The summed E-state index contributed by atoms with van der Waals surface area (Å²) in [5.74, 6) is 0.0233. The first-order valence-electron chi connectivity index (χ1n) is 7.45. The van der Waals surface area contributed by atoms with Crippen LogP contribution in [0.2, 0.25) is 0 Å². The molecule has 0 radical (unpaired) electrons. The van der Waals surface area contributed by atoms with Crippen molar-refractivity contribution in [2.24, 2.45) is 5.92 Å². The lowest BCUT2D eigenvalue weighted by atomic mass is 9.91. The highest BCUT2D eigenvalue weighted by atomic mass is 16.6. The van der Waals surface area contributed by atoms with Gasteiger partial charge in [0.1, 0.15) is 6.61 Å². The Kier molecular flexibility index (Phi) is 6.02. The third-order valence-electron chi connectivity index (χ3n) is 3.89. The lowest BCUT2D eigenvalue weighted by molar-refractivity contribution is 0.0269. The summed E-state index contributed by atoms with van der Waals surface area (Å²) in [7, 11) is 0. The van der Waals surface area contributed by atoms with E-state index in [9.17, 15) is 9.90 Å². The van der Waals surface area contributed by atoms with E-state index in [1.54, 1.807) is 4.90 Å². The van der Waals surface area contributed by atoms with E-state index in [1.165, 1.54) is 0 Å². The Labute approximate surface area is 125 Å². The number of carbonyl (C=O) groups excluding carboxylic acids is 1. The Bertz CT molecular complexity index is 437. The van der Waals surface area contributed by atoms with Crippen LogP contribution in [0.15, 0.2) is 30.3 Å². The van der Waals surface area contributed by atoms with Gasteiger partial charge in [-0.25, -0.2) is 4.79 Å². The Morgan fingerprint density at radius 3 is 2.86 bits per heavy atom. The van der Waals surface area contributed by atoms with Gasteiger partial charge in [0, 0.05) is 25.6 Å². The average Bonchev–Trinajstić information content (AvgIpc) is 2.54. The molecular weight excluding hydrogens is 270 g/mol. The molecule has 0 aromatic heterocycles. The largest absolute Gasteiger partial charge is 0.445 e. The highest BCUT2D eigenvalue weighted by molar-refractivity contribution is 5.67. The number of piperidine rings is 1. The zero-order chi connectivity index (χ0) is 15.1. The molecule has 0 bridgehead atoms. The predicted molar refractivity (Wildman–Crippen MR) is 78.6 cm³/mol. The highest BCUT2D eigenvalue weighted by Gasteiger charge is 2.28. The molecule has 1 aromatic carbocycles. The number of aliphatic hydroxyl groups excluding tert-OH is 2. The molecule has 1 amide bonds. The summed E-state index contributed by atoms with van der Waals surface area (Å²) in [4.78, 5) is 13.7. The zero-order valence-corrected chi connectivity index (χ0v) is 12.1. The molecule has 116 valence electrons. The molecule has 1 aromatic rings. The van der Waals surface area contributed by atoms with Crippen LogP contribution in [0.3, 0.4) is 0 Å². The van der Waals surface area contributed by atoms with Gasteiger partial charge in [0.25, 0.3) is 0 Å². The van der Waals surface area contributed by atoms with Crippen molar-refractivity contribution < 1.29 is 19.7 Å². The van der Waals surface area contributed by atoms with Gasteiger partial charge in [-0.1, -0.05) is 30.3 Å². The van der Waals surface area contributed by atoms with Crippen molar-refractivity contribution in [3.05, 3.63) is 35.9 Å². The maximum absolute atomic E-state index is 12.1. The Hall–Kier alpha value is -1.59. The van der Waals surface area contributed by atoms with Gasteiger partial charge < -0.3 is 19.8 Å². The first-order chi connectivity index (χ1) is 10.2. The van der Waals surface area contributed by atoms with Crippen molar-refractivity contribution in [2.45, 2.75) is 32.0 Å². The maximum Gasteiger partial charge on any atom is 0.410 e. The highest BCUT2D eigenvalue weighted by Crippen LogP contribution is 2.22. The average molecular weight is 293 g/mol. The van der Waals surface area contributed by atoms with E-state index in [2.05, 4.69) is 0 Å². The number of ether oxygens (including phenoxy) is 1. The van der Waals surface area contributed by atoms with Crippen LogP contribution in [0.5, 0.6) is 0 Å². The molecule has 0 spiro atoms. The summed E-state index contributed by atoms with van der Waals surface area (Å²) < 4.78 is 5.31. The Morgan fingerprint density at radius 2 is 2.14 bits per heavy atom. The van der Waals surface area contributed by atoms with Gasteiger partial charge in [0.05, 0.1) is 6.10 Å². The van der Waals surface area contributed by atoms with E-state index in [-0.39, 0.29) is 25.2 Å². The fourth-order valence-corrected chi connectivity index (χ4v) is 2.67. The van der Waals surface area contributed by atoms with E-state index >= 15 is 0 Å². The summed E-state index contributed by atoms with van der Waals surface area (Å²) in [6.45, 7) is 1.39. The van der Waals surface area contributed by atoms with Gasteiger partial charge >= 0.3 is 6.09 Å². The van der Waals surface area contributed by atoms with Crippen molar-refractivity contribution >= 4 is 6.09 Å². The number of hydrogen-bond acceptors (Lipinski definition) is 4. The summed E-state index contributed by atoms with van der Waals surface area (Å²) in [5.41, 5.74) is 0.958. The molecule has 1 heterocycles. The normalized spacial score (nSPS) is 20.1. The molecule has 0 aliphatic carbocycles. The van der Waals surface area contributed by atoms with Crippen LogP contribution >= 0.6 is 0 Å². The third-order valence-corrected chi connectivity index (χ3v) is 3.89. The van der Waals surface area contributed by atoms with Crippen LogP contribution in [0.1, 0.15) is 24.8 Å². The summed E-state index contributed by atoms with van der Waals surface area (Å²) in [6, 6.07) is 9.56. The summed E-state index contributed by atoms with van der Waals surface area (Å²) in [6.07, 6.45) is 1.20. The molecule has 0 unspecified atom stereocenters. The fraction of sp³-hybridized carbons (Fsp3) is 0.562. The first kappa shape index (κ1) is 15.8. The van der Waals surface area contributed by atoms with Gasteiger partial charge in [-0.05, 0) is 24.8 Å². The van der Waals surface area contributed by atoms with Crippen LogP contribution in [0, 0.1) is 5.92 Å². The molecule has 5 heteroatoms. The van der Waals surface area contributed by atoms with Gasteiger partial charge in [0.2, 0.25) is 0 Å². The van der Waals surface area contributed by atoms with Crippen molar-refractivity contribution in [1.29, 1.82) is 0 Å². The predicted octanol–water partition coefficient (Wildman–Crippen LogP) is 1.78. The Morgan fingerprint density at radius 1 is 1.38 bits per heavy atom. The van der Waals surface area contributed by atoms with Crippen molar-refractivity contribution in [1.82, 2.24) is 4.90 Å². The number of benzene rings is 1. The topological polar surface area (TPSA) is 70.0 Å². The monoisotopic (exact) mass is 293 g/mol. The fourth-order valence-electron chi connectivity index (χ4n) is 2.67. The second-order valence-corrected chi connectivity index (χ2v) is 5.47. The van der Waals surface area contributed by atoms with E-state index in [0.717, 1.165) is 18.4 Å². The molecule has 1 aliphatic rings. The quantitative estimate of drug-likeness (QED) is 0.868. The summed E-state index contributed by atoms with van der Waals surface area (Å²) in [5, 5.41) is 18.8. The van der Waals surface area contributed by atoms with Crippen molar-refractivity contribution in [3.63, 3.8) is 0 Å². The minimum absolute atomic E-state index is 0.0233. The number of aliphatic hydroxyl groups is 2. The molecule has 21 heavy (non-hydrogen) atoms. The van der Waals surface area contributed by atoms with Crippen molar-refractivity contribution in [3.8, 4) is 0 Å².